The summed E-state index contributed by atoms with van der Waals surface area (Å²) >= 11 is 0. The maximum atomic E-state index is 12.1. The second-order valence-electron chi connectivity index (χ2n) is 4.21. The van der Waals surface area contributed by atoms with Gasteiger partial charge >= 0.3 is 0 Å². The van der Waals surface area contributed by atoms with Gasteiger partial charge in [0.1, 0.15) is 0 Å². The zero-order valence-electron chi connectivity index (χ0n) is 10.8. The lowest BCUT2D eigenvalue weighted by Gasteiger charge is -2.18. The molecule has 0 unspecified atom stereocenters. The Bertz CT molecular complexity index is 533. The molecule has 1 aromatic heterocycles. The topological polar surface area (TPSA) is 45.3 Å². The average molecular weight is 246 g/mol. The summed E-state index contributed by atoms with van der Waals surface area (Å²) in [6.07, 6.45) is 3.13. The molecule has 1 heterocycles. The minimum absolute atomic E-state index is 0.0101. The van der Waals surface area contributed by atoms with E-state index >= 15 is 0 Å². The van der Waals surface area contributed by atoms with E-state index in [2.05, 4.69) is 4.98 Å². The van der Waals surface area contributed by atoms with Crippen molar-refractivity contribution in [1.29, 1.82) is 0 Å². The third-order valence-electron chi connectivity index (χ3n) is 2.94. The normalized spacial score (nSPS) is 10.8. The summed E-state index contributed by atoms with van der Waals surface area (Å²) in [5, 5.41) is 2.51. The van der Waals surface area contributed by atoms with E-state index in [1.54, 1.807) is 0 Å². The van der Waals surface area contributed by atoms with Crippen LogP contribution in [0.25, 0.3) is 10.9 Å². The van der Waals surface area contributed by atoms with Crippen molar-refractivity contribution >= 4 is 16.8 Å². The summed E-state index contributed by atoms with van der Waals surface area (Å²) in [6, 6.07) is 7.97. The number of aromatic nitrogens is 1. The molecule has 0 aliphatic heterocycles. The third kappa shape index (κ3) is 2.54. The minimum atomic E-state index is -0.0101. The van der Waals surface area contributed by atoms with Crippen molar-refractivity contribution in [3.8, 4) is 0 Å². The SMILES string of the molecule is CCCN(OC)C(=O)Cc1c[nH]c2ccccc12. The molecule has 2 aromatic rings. The summed E-state index contributed by atoms with van der Waals surface area (Å²) < 4.78 is 0. The van der Waals surface area contributed by atoms with E-state index in [0.29, 0.717) is 13.0 Å². The molecule has 96 valence electrons. The fourth-order valence-corrected chi connectivity index (χ4v) is 2.05. The number of aromatic amines is 1. The summed E-state index contributed by atoms with van der Waals surface area (Å²) in [4.78, 5) is 20.3. The van der Waals surface area contributed by atoms with Crippen molar-refractivity contribution in [1.82, 2.24) is 10.0 Å². The molecular formula is C14H18N2O2. The van der Waals surface area contributed by atoms with Gasteiger partial charge in [0.2, 0.25) is 0 Å². The van der Waals surface area contributed by atoms with Crippen molar-refractivity contribution in [3.63, 3.8) is 0 Å². The van der Waals surface area contributed by atoms with Gasteiger partial charge in [0.05, 0.1) is 13.5 Å². The highest BCUT2D eigenvalue weighted by molar-refractivity contribution is 5.88. The minimum Gasteiger partial charge on any atom is -0.361 e. The number of rotatable bonds is 5. The van der Waals surface area contributed by atoms with Crippen molar-refractivity contribution in [3.05, 3.63) is 36.0 Å². The molecule has 0 spiro atoms. The second-order valence-corrected chi connectivity index (χ2v) is 4.21. The Kier molecular flexibility index (Phi) is 3.99. The van der Waals surface area contributed by atoms with Crippen molar-refractivity contribution in [2.45, 2.75) is 19.8 Å². The lowest BCUT2D eigenvalue weighted by Crippen LogP contribution is -2.31. The maximum Gasteiger partial charge on any atom is 0.250 e. The van der Waals surface area contributed by atoms with Crippen LogP contribution >= 0.6 is 0 Å². The van der Waals surface area contributed by atoms with Crippen LogP contribution in [0.1, 0.15) is 18.9 Å². The van der Waals surface area contributed by atoms with Gasteiger partial charge in [-0.25, -0.2) is 5.06 Å². The van der Waals surface area contributed by atoms with E-state index in [4.69, 9.17) is 4.84 Å². The highest BCUT2D eigenvalue weighted by Crippen LogP contribution is 2.18. The number of para-hydroxylation sites is 1. The molecule has 2 rings (SSSR count). The van der Waals surface area contributed by atoms with Crippen LogP contribution in [0.15, 0.2) is 30.5 Å². The highest BCUT2D eigenvalue weighted by Gasteiger charge is 2.14. The molecule has 0 fully saturated rings. The van der Waals surface area contributed by atoms with E-state index in [0.717, 1.165) is 22.9 Å². The monoisotopic (exact) mass is 246 g/mol. The lowest BCUT2D eigenvalue weighted by atomic mass is 10.1. The van der Waals surface area contributed by atoms with E-state index in [1.165, 1.54) is 12.2 Å². The molecule has 1 N–H and O–H groups in total. The molecule has 4 heteroatoms. The van der Waals surface area contributed by atoms with Crippen LogP contribution in [0.4, 0.5) is 0 Å². The standard InChI is InChI=1S/C14H18N2O2/c1-3-8-16(18-2)14(17)9-11-10-15-13-7-5-4-6-12(11)13/h4-7,10,15H,3,8-9H2,1-2H3. The van der Waals surface area contributed by atoms with Gasteiger partial charge in [-0.15, -0.1) is 0 Å². The van der Waals surface area contributed by atoms with Gasteiger partial charge in [-0.05, 0) is 18.1 Å². The fraction of sp³-hybridized carbons (Fsp3) is 0.357. The number of carbonyl (C=O) groups is 1. The molecule has 0 saturated heterocycles. The van der Waals surface area contributed by atoms with E-state index < -0.39 is 0 Å². The van der Waals surface area contributed by atoms with Crippen molar-refractivity contribution < 1.29 is 9.63 Å². The molecule has 0 aliphatic carbocycles. The smallest absolute Gasteiger partial charge is 0.250 e. The first-order valence-corrected chi connectivity index (χ1v) is 6.15. The quantitative estimate of drug-likeness (QED) is 0.824. The van der Waals surface area contributed by atoms with Crippen LogP contribution < -0.4 is 0 Å². The van der Waals surface area contributed by atoms with Crippen LogP contribution in [0.5, 0.6) is 0 Å². The van der Waals surface area contributed by atoms with Crippen LogP contribution in [-0.4, -0.2) is 29.6 Å². The highest BCUT2D eigenvalue weighted by atomic mass is 16.7. The van der Waals surface area contributed by atoms with Gasteiger partial charge in [0.15, 0.2) is 0 Å². The zero-order chi connectivity index (χ0) is 13.0. The Morgan fingerprint density at radius 2 is 2.17 bits per heavy atom. The molecule has 1 amide bonds. The van der Waals surface area contributed by atoms with Gasteiger partial charge < -0.3 is 4.98 Å². The van der Waals surface area contributed by atoms with E-state index in [9.17, 15) is 4.79 Å². The number of hydrogen-bond donors (Lipinski definition) is 1. The Hall–Kier alpha value is -1.81. The molecule has 0 aliphatic rings. The Balaban J connectivity index is 2.16. The average Bonchev–Trinajstić information content (AvgIpc) is 2.79. The first-order chi connectivity index (χ1) is 8.76. The van der Waals surface area contributed by atoms with Crippen LogP contribution in [0.2, 0.25) is 0 Å². The number of benzene rings is 1. The summed E-state index contributed by atoms with van der Waals surface area (Å²) in [6.45, 7) is 2.64. The number of amides is 1. The summed E-state index contributed by atoms with van der Waals surface area (Å²) in [5.74, 6) is -0.0101. The first-order valence-electron chi connectivity index (χ1n) is 6.15. The first kappa shape index (κ1) is 12.6. The van der Waals surface area contributed by atoms with E-state index in [-0.39, 0.29) is 5.91 Å². The van der Waals surface area contributed by atoms with Gasteiger partial charge in [-0.2, -0.15) is 0 Å². The molecule has 0 radical (unpaired) electrons. The number of H-pyrrole nitrogens is 1. The molecule has 18 heavy (non-hydrogen) atoms. The number of fused-ring (bicyclic) bond motifs is 1. The molecular weight excluding hydrogens is 228 g/mol. The molecule has 0 saturated carbocycles. The van der Waals surface area contributed by atoms with Gasteiger partial charge in [-0.1, -0.05) is 25.1 Å². The Labute approximate surface area is 107 Å². The third-order valence-corrected chi connectivity index (χ3v) is 2.94. The fourth-order valence-electron chi connectivity index (χ4n) is 2.05. The molecule has 0 bridgehead atoms. The largest absolute Gasteiger partial charge is 0.361 e. The molecule has 0 atom stereocenters. The van der Waals surface area contributed by atoms with Gasteiger partial charge in [0, 0.05) is 23.6 Å². The Morgan fingerprint density at radius 1 is 1.39 bits per heavy atom. The zero-order valence-corrected chi connectivity index (χ0v) is 10.8. The predicted octanol–water partition coefficient (Wildman–Crippen LogP) is 2.51. The van der Waals surface area contributed by atoms with Crippen LogP contribution in [0.3, 0.4) is 0 Å². The van der Waals surface area contributed by atoms with Gasteiger partial charge in [0.25, 0.3) is 5.91 Å². The maximum absolute atomic E-state index is 12.1. The number of carbonyl (C=O) groups excluding carboxylic acids is 1. The van der Waals surface area contributed by atoms with E-state index in [1.807, 2.05) is 37.4 Å². The molecule has 4 nitrogen and oxygen atoms in total. The van der Waals surface area contributed by atoms with Crippen molar-refractivity contribution in [2.24, 2.45) is 0 Å². The number of hydroxylamine groups is 2. The lowest BCUT2D eigenvalue weighted by molar-refractivity contribution is -0.175. The second kappa shape index (κ2) is 5.69. The predicted molar refractivity (Wildman–Crippen MR) is 71.0 cm³/mol. The number of hydrogen-bond acceptors (Lipinski definition) is 2. The van der Waals surface area contributed by atoms with Crippen molar-refractivity contribution in [2.75, 3.05) is 13.7 Å². The molecule has 1 aromatic carbocycles. The Morgan fingerprint density at radius 3 is 2.89 bits per heavy atom. The number of nitrogens with zero attached hydrogens (tertiary/aromatic N) is 1. The van der Waals surface area contributed by atoms with Crippen LogP contribution in [-0.2, 0) is 16.1 Å². The number of nitrogens with one attached hydrogen (secondary N) is 1. The van der Waals surface area contributed by atoms with Gasteiger partial charge in [-0.3, -0.25) is 9.63 Å². The summed E-state index contributed by atoms with van der Waals surface area (Å²) in [7, 11) is 1.53. The summed E-state index contributed by atoms with van der Waals surface area (Å²) in [5.41, 5.74) is 2.06. The van der Waals surface area contributed by atoms with Crippen LogP contribution in [0, 0.1) is 0 Å².